The van der Waals surface area contributed by atoms with Crippen LogP contribution >= 0.6 is 28.9 Å². The van der Waals surface area contributed by atoms with Gasteiger partial charge < -0.3 is 14.1 Å². The van der Waals surface area contributed by atoms with Crippen LogP contribution in [0.2, 0.25) is 0 Å². The first-order chi connectivity index (χ1) is 18.8. The third-order valence-corrected chi connectivity index (χ3v) is 10.6. The average molecular weight is 594 g/mol. The van der Waals surface area contributed by atoms with Gasteiger partial charge in [-0.25, -0.2) is 9.78 Å². The third-order valence-electron chi connectivity index (χ3n) is 5.74. The number of ketones is 1. The molecule has 2 heterocycles. The molecule has 1 aromatic carbocycles. The van der Waals surface area contributed by atoms with E-state index in [4.69, 9.17) is 9.57 Å². The number of nitrogens with zero attached hydrogens (tertiary/aromatic N) is 2. The molecule has 0 bridgehead atoms. The number of pyridine rings is 1. The summed E-state index contributed by atoms with van der Waals surface area (Å²) in [6.45, 7) is 2.61. The number of nitrogens with one attached hydrogen (secondary N) is 1. The SMILES string of the molecule is CC(=O)c1ccc(CCNP(=O)(CCOCCSSc2ccccn2)CCC(=O)ON2C(=O)CCC2=O)cc1. The highest BCUT2D eigenvalue weighted by molar-refractivity contribution is 8.76. The van der Waals surface area contributed by atoms with Gasteiger partial charge in [0, 0.05) is 49.2 Å². The lowest BCUT2D eigenvalue weighted by molar-refractivity contribution is -0.197. The predicted octanol–water partition coefficient (Wildman–Crippen LogP) is 4.15. The lowest BCUT2D eigenvalue weighted by Gasteiger charge is -2.20. The van der Waals surface area contributed by atoms with Crippen molar-refractivity contribution in [3.63, 3.8) is 0 Å². The maximum atomic E-state index is 13.7. The van der Waals surface area contributed by atoms with Gasteiger partial charge in [-0.15, -0.1) is 5.06 Å². The fraction of sp³-hybridized carbons (Fsp3) is 0.423. The van der Waals surface area contributed by atoms with Crippen molar-refractivity contribution in [3.05, 3.63) is 59.8 Å². The van der Waals surface area contributed by atoms with Crippen molar-refractivity contribution in [3.8, 4) is 0 Å². The van der Waals surface area contributed by atoms with E-state index in [9.17, 15) is 23.7 Å². The van der Waals surface area contributed by atoms with Gasteiger partial charge in [-0.3, -0.25) is 19.5 Å². The molecule has 39 heavy (non-hydrogen) atoms. The first-order valence-corrected chi connectivity index (χ1v) is 16.9. The topological polar surface area (TPSA) is 132 Å². The summed E-state index contributed by atoms with van der Waals surface area (Å²) in [5, 5.41) is 4.52. The molecule has 1 N–H and O–H groups in total. The van der Waals surface area contributed by atoms with E-state index in [2.05, 4.69) is 10.1 Å². The minimum Gasteiger partial charge on any atom is -0.380 e. The Hall–Kier alpha value is -2.50. The summed E-state index contributed by atoms with van der Waals surface area (Å²) >= 11 is 0. The number of carbonyl (C=O) groups is 4. The van der Waals surface area contributed by atoms with Crippen molar-refractivity contribution in [1.82, 2.24) is 15.1 Å². The largest absolute Gasteiger partial charge is 0.380 e. The predicted molar refractivity (Wildman–Crippen MR) is 151 cm³/mol. The Bertz CT molecular complexity index is 1170. The van der Waals surface area contributed by atoms with Crippen LogP contribution in [0, 0.1) is 0 Å². The molecular weight excluding hydrogens is 561 g/mol. The molecular formula is C26H32N3O7PS2. The fourth-order valence-corrected chi connectivity index (χ4v) is 7.33. The standard InChI is InChI=1S/C26H32N3O7PS2/c1-20(30)22-7-5-21(6-8-22)11-14-28-37(34,17-12-26(33)36-29-24(31)9-10-25(29)32)18-15-35-16-19-38-39-23-4-2-3-13-27-23/h2-8,13H,9-12,14-19H2,1H3,(H,28,34). The molecule has 2 aromatic rings. The van der Waals surface area contributed by atoms with Crippen molar-refractivity contribution in [2.45, 2.75) is 37.6 Å². The summed E-state index contributed by atoms with van der Waals surface area (Å²) in [5.74, 6) is -1.19. The van der Waals surface area contributed by atoms with Gasteiger partial charge in [-0.1, -0.05) is 41.1 Å². The Kier molecular flexibility index (Phi) is 12.7. The van der Waals surface area contributed by atoms with E-state index in [-0.39, 0.29) is 44.0 Å². The van der Waals surface area contributed by atoms with E-state index in [1.807, 2.05) is 30.3 Å². The Morgan fingerprint density at radius 1 is 1.05 bits per heavy atom. The number of benzene rings is 1. The van der Waals surface area contributed by atoms with E-state index < -0.39 is 25.1 Å². The molecule has 13 heteroatoms. The maximum absolute atomic E-state index is 13.7. The normalized spacial score (nSPS) is 14.8. The summed E-state index contributed by atoms with van der Waals surface area (Å²) in [7, 11) is 0.112. The highest BCUT2D eigenvalue weighted by Gasteiger charge is 2.33. The van der Waals surface area contributed by atoms with Crippen LogP contribution in [0.25, 0.3) is 0 Å². The second-order valence-corrected chi connectivity index (χ2v) is 14.2. The van der Waals surface area contributed by atoms with Gasteiger partial charge >= 0.3 is 5.97 Å². The molecule has 0 aliphatic carbocycles. The third kappa shape index (κ3) is 10.9. The summed E-state index contributed by atoms with van der Waals surface area (Å²) in [4.78, 5) is 56.4. The monoisotopic (exact) mass is 593 g/mol. The zero-order valence-electron chi connectivity index (χ0n) is 21.7. The maximum Gasteiger partial charge on any atom is 0.333 e. The molecule has 1 fully saturated rings. The summed E-state index contributed by atoms with van der Waals surface area (Å²) in [5.41, 5.74) is 1.60. The number of hydrogen-bond acceptors (Lipinski definition) is 10. The first-order valence-electron chi connectivity index (χ1n) is 12.5. The smallest absolute Gasteiger partial charge is 0.333 e. The lowest BCUT2D eigenvalue weighted by Crippen LogP contribution is -2.32. The molecule has 1 aliphatic rings. The number of hydroxylamine groups is 2. The highest BCUT2D eigenvalue weighted by atomic mass is 33.1. The van der Waals surface area contributed by atoms with Crippen molar-refractivity contribution < 1.29 is 33.3 Å². The highest BCUT2D eigenvalue weighted by Crippen LogP contribution is 2.41. The van der Waals surface area contributed by atoms with E-state index >= 15 is 0 Å². The average Bonchev–Trinajstić information content (AvgIpc) is 3.24. The van der Waals surface area contributed by atoms with E-state index in [1.165, 1.54) is 6.92 Å². The second kappa shape index (κ2) is 15.9. The molecule has 1 saturated heterocycles. The Labute approximate surface area is 235 Å². The molecule has 1 aliphatic heterocycles. The van der Waals surface area contributed by atoms with Gasteiger partial charge in [0.25, 0.3) is 11.8 Å². The summed E-state index contributed by atoms with van der Waals surface area (Å²) < 4.78 is 19.4. The van der Waals surface area contributed by atoms with E-state index in [0.717, 1.165) is 16.3 Å². The minimum atomic E-state index is -3.05. The number of ether oxygens (including phenoxy) is 1. The van der Waals surface area contributed by atoms with Crippen LogP contribution in [-0.2, 0) is 34.9 Å². The second-order valence-electron chi connectivity index (χ2n) is 8.73. The summed E-state index contributed by atoms with van der Waals surface area (Å²) in [6, 6.07) is 12.9. The minimum absolute atomic E-state index is 0.00102. The molecule has 1 atom stereocenters. The quantitative estimate of drug-likeness (QED) is 0.0933. The number of Topliss-reactive ketones (excluding diaryl/α,β-unsaturated/α-hetero) is 1. The molecule has 3 rings (SSSR count). The zero-order valence-corrected chi connectivity index (χ0v) is 24.2. The fourth-order valence-electron chi connectivity index (χ4n) is 3.56. The Morgan fingerprint density at radius 3 is 2.46 bits per heavy atom. The molecule has 0 saturated carbocycles. The number of carbonyl (C=O) groups excluding carboxylic acids is 4. The van der Waals surface area contributed by atoms with Crippen LogP contribution in [0.4, 0.5) is 0 Å². The van der Waals surface area contributed by atoms with Gasteiger partial charge in [-0.2, -0.15) is 0 Å². The number of amides is 2. The zero-order chi connectivity index (χ0) is 28.1. The molecule has 210 valence electrons. The van der Waals surface area contributed by atoms with Crippen LogP contribution in [0.3, 0.4) is 0 Å². The number of imide groups is 1. The van der Waals surface area contributed by atoms with Crippen molar-refractivity contribution >= 4 is 52.4 Å². The first kappa shape index (κ1) is 31.0. The van der Waals surface area contributed by atoms with E-state index in [0.29, 0.717) is 30.2 Å². The molecule has 0 radical (unpaired) electrons. The number of hydrogen-bond donors (Lipinski definition) is 1. The Morgan fingerprint density at radius 2 is 1.79 bits per heavy atom. The van der Waals surface area contributed by atoms with Crippen LogP contribution in [0.5, 0.6) is 0 Å². The summed E-state index contributed by atoms with van der Waals surface area (Å²) in [6.07, 6.45) is 2.33. The van der Waals surface area contributed by atoms with Gasteiger partial charge in [0.05, 0.1) is 19.6 Å². The molecule has 2 amide bonds. The van der Waals surface area contributed by atoms with Gasteiger partial charge in [0.15, 0.2) is 13.1 Å². The van der Waals surface area contributed by atoms with Gasteiger partial charge in [-0.05, 0) is 41.8 Å². The molecule has 1 aromatic heterocycles. The van der Waals surface area contributed by atoms with Crippen LogP contribution < -0.4 is 5.09 Å². The lowest BCUT2D eigenvalue weighted by atomic mass is 10.1. The van der Waals surface area contributed by atoms with Crippen molar-refractivity contribution in [2.24, 2.45) is 0 Å². The molecule has 10 nitrogen and oxygen atoms in total. The van der Waals surface area contributed by atoms with E-state index in [1.54, 1.807) is 39.9 Å². The molecule has 1 unspecified atom stereocenters. The number of rotatable bonds is 17. The van der Waals surface area contributed by atoms with Crippen LogP contribution in [0.1, 0.15) is 42.1 Å². The van der Waals surface area contributed by atoms with Gasteiger partial charge in [0.1, 0.15) is 5.03 Å². The number of aromatic nitrogens is 1. The van der Waals surface area contributed by atoms with Crippen LogP contribution in [0.15, 0.2) is 53.7 Å². The van der Waals surface area contributed by atoms with Crippen LogP contribution in [-0.4, -0.2) is 71.4 Å². The van der Waals surface area contributed by atoms with Crippen molar-refractivity contribution in [2.75, 3.05) is 37.8 Å². The molecule has 0 spiro atoms. The van der Waals surface area contributed by atoms with Crippen molar-refractivity contribution in [1.29, 1.82) is 0 Å². The van der Waals surface area contributed by atoms with Gasteiger partial charge in [0.2, 0.25) is 0 Å². The Balaban J connectivity index is 1.46.